The van der Waals surface area contributed by atoms with Crippen LogP contribution in [0.4, 0.5) is 0 Å². The molecule has 0 aromatic heterocycles. The van der Waals surface area contributed by atoms with Crippen molar-refractivity contribution in [3.05, 3.63) is 60.8 Å². The summed E-state index contributed by atoms with van der Waals surface area (Å²) in [5.74, 6) is -0.0868. The zero-order valence-electron chi connectivity index (χ0n) is 36.0. The maximum absolute atomic E-state index is 12.4. The van der Waals surface area contributed by atoms with Crippen molar-refractivity contribution < 1.29 is 15.0 Å². The fourth-order valence-electron chi connectivity index (χ4n) is 6.85. The fraction of sp³-hybridized carbons (Fsp3) is 0.780. The van der Waals surface area contributed by atoms with Crippen molar-refractivity contribution >= 4 is 5.91 Å². The molecule has 0 rings (SSSR count). The maximum atomic E-state index is 12.4. The molecule has 2 unspecified atom stereocenters. The Morgan fingerprint density at radius 1 is 0.444 bits per heavy atom. The van der Waals surface area contributed by atoms with Gasteiger partial charge in [-0.15, -0.1) is 0 Å². The van der Waals surface area contributed by atoms with Gasteiger partial charge < -0.3 is 15.5 Å². The molecule has 0 aromatic carbocycles. The third-order valence-electron chi connectivity index (χ3n) is 10.5. The van der Waals surface area contributed by atoms with Gasteiger partial charge in [0.2, 0.25) is 5.91 Å². The Balaban J connectivity index is 3.64. The summed E-state index contributed by atoms with van der Waals surface area (Å²) in [5.41, 5.74) is 0. The molecule has 0 bridgehead atoms. The second kappa shape index (κ2) is 45.5. The number of hydrogen-bond donors (Lipinski definition) is 3. The summed E-state index contributed by atoms with van der Waals surface area (Å²) in [4.78, 5) is 12.4. The quantitative estimate of drug-likeness (QED) is 0.0429. The van der Waals surface area contributed by atoms with Crippen LogP contribution in [0.15, 0.2) is 60.8 Å². The number of aliphatic hydroxyl groups excluding tert-OH is 2. The minimum absolute atomic E-state index is 0.0868. The zero-order valence-corrected chi connectivity index (χ0v) is 36.0. The molecule has 3 N–H and O–H groups in total. The molecule has 0 saturated carbocycles. The molecule has 0 heterocycles. The fourth-order valence-corrected chi connectivity index (χ4v) is 6.85. The Morgan fingerprint density at radius 2 is 0.778 bits per heavy atom. The van der Waals surface area contributed by atoms with Crippen LogP contribution in [0.2, 0.25) is 0 Å². The Hall–Kier alpha value is -1.91. The number of hydrogen-bond acceptors (Lipinski definition) is 3. The predicted molar refractivity (Wildman–Crippen MR) is 239 cm³/mol. The molecule has 4 heteroatoms. The van der Waals surface area contributed by atoms with Crippen molar-refractivity contribution in [1.82, 2.24) is 5.32 Å². The molecule has 0 radical (unpaired) electrons. The van der Waals surface area contributed by atoms with Crippen molar-refractivity contribution in [1.29, 1.82) is 0 Å². The van der Waals surface area contributed by atoms with E-state index in [0.717, 1.165) is 57.8 Å². The van der Waals surface area contributed by atoms with Crippen LogP contribution in [0.5, 0.6) is 0 Å². The lowest BCUT2D eigenvalue weighted by molar-refractivity contribution is -0.123. The van der Waals surface area contributed by atoms with Gasteiger partial charge >= 0.3 is 0 Å². The number of nitrogens with one attached hydrogen (secondary N) is 1. The highest BCUT2D eigenvalue weighted by Gasteiger charge is 2.17. The summed E-state index contributed by atoms with van der Waals surface area (Å²) in [6.45, 7) is 4.29. The van der Waals surface area contributed by atoms with E-state index in [1.165, 1.54) is 154 Å². The van der Waals surface area contributed by atoms with Crippen molar-refractivity contribution in [2.75, 3.05) is 6.61 Å². The van der Waals surface area contributed by atoms with Crippen molar-refractivity contribution in [2.24, 2.45) is 0 Å². The lowest BCUT2D eigenvalue weighted by atomic mass is 10.0. The Labute approximate surface area is 336 Å². The van der Waals surface area contributed by atoms with E-state index >= 15 is 0 Å². The number of carbonyl (C=O) groups excluding carboxylic acids is 1. The number of aliphatic hydroxyl groups is 2. The zero-order chi connectivity index (χ0) is 39.3. The molecule has 0 spiro atoms. The average Bonchev–Trinajstić information content (AvgIpc) is 3.18. The van der Waals surface area contributed by atoms with Gasteiger partial charge in [-0.3, -0.25) is 4.79 Å². The van der Waals surface area contributed by atoms with E-state index < -0.39 is 12.1 Å². The van der Waals surface area contributed by atoms with E-state index in [-0.39, 0.29) is 12.5 Å². The van der Waals surface area contributed by atoms with Crippen LogP contribution in [0.1, 0.15) is 232 Å². The highest BCUT2D eigenvalue weighted by atomic mass is 16.3. The molecule has 1 amide bonds. The molecule has 314 valence electrons. The summed E-state index contributed by atoms with van der Waals surface area (Å²) < 4.78 is 0. The van der Waals surface area contributed by atoms with E-state index in [1.807, 2.05) is 6.08 Å². The summed E-state index contributed by atoms with van der Waals surface area (Å²) in [7, 11) is 0. The summed E-state index contributed by atoms with van der Waals surface area (Å²) in [6, 6.07) is -0.648. The lowest BCUT2D eigenvalue weighted by Gasteiger charge is -2.19. The second-order valence-electron chi connectivity index (χ2n) is 15.8. The Kier molecular flexibility index (Phi) is 43.9. The number of unbranched alkanes of at least 4 members (excludes halogenated alkanes) is 27. The Bertz CT molecular complexity index is 904. The van der Waals surface area contributed by atoms with Gasteiger partial charge in [0.1, 0.15) is 0 Å². The normalized spacial score (nSPS) is 13.5. The third-order valence-corrected chi connectivity index (χ3v) is 10.5. The van der Waals surface area contributed by atoms with E-state index in [1.54, 1.807) is 6.08 Å². The topological polar surface area (TPSA) is 69.6 Å². The minimum Gasteiger partial charge on any atom is -0.394 e. The molecule has 0 saturated heterocycles. The first-order valence-corrected chi connectivity index (χ1v) is 23.5. The highest BCUT2D eigenvalue weighted by molar-refractivity contribution is 5.76. The van der Waals surface area contributed by atoms with Gasteiger partial charge in [-0.05, 0) is 70.6 Å². The first-order valence-electron chi connectivity index (χ1n) is 23.5. The first kappa shape index (κ1) is 52.1. The SMILES string of the molecule is CCCCCCC/C=C\C/C=C\C/C=C\CCCCCCCCC(=O)NC(CO)C(O)/C=C/CC/C=C/CCCCCCCCCCCCCCCCC. The van der Waals surface area contributed by atoms with Gasteiger partial charge in [0.05, 0.1) is 18.8 Å². The van der Waals surface area contributed by atoms with Gasteiger partial charge in [-0.25, -0.2) is 0 Å². The standard InChI is InChI=1S/C50H91NO3/c1-3-5-7-9-11-13-15-17-19-21-23-25-27-29-31-33-35-37-39-41-43-45-49(53)48(47-52)51-50(54)46-44-42-40-38-36-34-32-30-28-26-24-22-20-18-16-14-12-10-8-6-4-2/h16,18,22,24,28,30,35,37,43,45,48-49,52-53H,3-15,17,19-21,23,25-27,29,31-34,36,38-42,44,46-47H2,1-2H3,(H,51,54)/b18-16-,24-22-,30-28-,37-35+,45-43+. The number of rotatable bonds is 42. The summed E-state index contributed by atoms with van der Waals surface area (Å²) in [5, 5.41) is 23.0. The Morgan fingerprint density at radius 3 is 1.20 bits per heavy atom. The van der Waals surface area contributed by atoms with Crippen LogP contribution in [-0.2, 0) is 4.79 Å². The van der Waals surface area contributed by atoms with Crippen molar-refractivity contribution in [3.8, 4) is 0 Å². The van der Waals surface area contributed by atoms with Gasteiger partial charge in [-0.2, -0.15) is 0 Å². The van der Waals surface area contributed by atoms with E-state index in [4.69, 9.17) is 0 Å². The molecule has 0 aliphatic carbocycles. The van der Waals surface area contributed by atoms with Gasteiger partial charge in [0.25, 0.3) is 0 Å². The minimum atomic E-state index is -0.870. The van der Waals surface area contributed by atoms with Crippen LogP contribution in [0.3, 0.4) is 0 Å². The van der Waals surface area contributed by atoms with Crippen LogP contribution < -0.4 is 5.32 Å². The highest BCUT2D eigenvalue weighted by Crippen LogP contribution is 2.14. The monoisotopic (exact) mass is 754 g/mol. The molecule has 4 nitrogen and oxygen atoms in total. The predicted octanol–water partition coefficient (Wildman–Crippen LogP) is 14.9. The molecule has 0 aliphatic heterocycles. The van der Waals surface area contributed by atoms with E-state index in [2.05, 4.69) is 67.8 Å². The van der Waals surface area contributed by atoms with Crippen LogP contribution in [0, 0.1) is 0 Å². The summed E-state index contributed by atoms with van der Waals surface area (Å²) >= 11 is 0. The van der Waals surface area contributed by atoms with Crippen molar-refractivity contribution in [3.63, 3.8) is 0 Å². The third kappa shape index (κ3) is 41.3. The van der Waals surface area contributed by atoms with Crippen LogP contribution in [-0.4, -0.2) is 34.9 Å². The summed E-state index contributed by atoms with van der Waals surface area (Å²) in [6.07, 6.45) is 63.4. The van der Waals surface area contributed by atoms with E-state index in [0.29, 0.717) is 6.42 Å². The van der Waals surface area contributed by atoms with Crippen LogP contribution in [0.25, 0.3) is 0 Å². The molecule has 54 heavy (non-hydrogen) atoms. The number of carbonyl (C=O) groups is 1. The molecule has 0 aromatic rings. The largest absolute Gasteiger partial charge is 0.394 e. The average molecular weight is 754 g/mol. The van der Waals surface area contributed by atoms with Gasteiger partial charge in [-0.1, -0.05) is 216 Å². The second-order valence-corrected chi connectivity index (χ2v) is 15.8. The van der Waals surface area contributed by atoms with Gasteiger partial charge in [0.15, 0.2) is 0 Å². The molecular formula is C50H91NO3. The maximum Gasteiger partial charge on any atom is 0.220 e. The first-order chi connectivity index (χ1) is 26.7. The van der Waals surface area contributed by atoms with Gasteiger partial charge in [0, 0.05) is 6.42 Å². The number of allylic oxidation sites excluding steroid dienone is 9. The number of amides is 1. The lowest BCUT2D eigenvalue weighted by Crippen LogP contribution is -2.45. The molecule has 0 fully saturated rings. The molecular weight excluding hydrogens is 663 g/mol. The molecule has 0 aliphatic rings. The van der Waals surface area contributed by atoms with Crippen molar-refractivity contribution in [2.45, 2.75) is 244 Å². The van der Waals surface area contributed by atoms with Crippen LogP contribution >= 0.6 is 0 Å². The van der Waals surface area contributed by atoms with E-state index in [9.17, 15) is 15.0 Å². The molecule has 2 atom stereocenters. The smallest absolute Gasteiger partial charge is 0.220 e.